The number of hydrogen-bond acceptors (Lipinski definition) is 3. The van der Waals surface area contributed by atoms with Gasteiger partial charge in [0.2, 0.25) is 0 Å². The number of aliphatic hydroxyl groups is 1. The van der Waals surface area contributed by atoms with E-state index >= 15 is 0 Å². The van der Waals surface area contributed by atoms with Crippen LogP contribution in [0, 0.1) is 0 Å². The first-order chi connectivity index (χ1) is 10.4. The van der Waals surface area contributed by atoms with E-state index in [2.05, 4.69) is 0 Å². The fraction of sp³-hybridized carbons (Fsp3) is 0.333. The molecule has 116 valence electrons. The smallest absolute Gasteiger partial charge is 0.334 e. The summed E-state index contributed by atoms with van der Waals surface area (Å²) in [6.45, 7) is 3.41. The third-order valence-corrected chi connectivity index (χ3v) is 6.72. The number of rotatable bonds is 2. The molecule has 0 radical (unpaired) electrons. The maximum absolute atomic E-state index is 11.2. The summed E-state index contributed by atoms with van der Waals surface area (Å²) in [7, 11) is -2.83. The second kappa shape index (κ2) is 5.32. The average Bonchev–Trinajstić information content (AvgIpc) is 2.48. The molecule has 0 amide bonds. The minimum atomic E-state index is -2.83. The van der Waals surface area contributed by atoms with Gasteiger partial charge in [-0.05, 0) is 37.1 Å². The lowest BCUT2D eigenvalue weighted by molar-refractivity contribution is -0.193. The summed E-state index contributed by atoms with van der Waals surface area (Å²) >= 11 is 0. The average molecular weight is 314 g/mol. The van der Waals surface area contributed by atoms with Crippen LogP contribution in [-0.2, 0) is 9.84 Å². The molecule has 0 saturated carbocycles. The standard InChI is InChI=1S/C18H22O3Si/c1-17(19)18(13-14-22(2,20)21-17,15-9-5-3-6-10-15)16-11-7-4-8-12-16/h3-12,19-20H,13-14H2,1-2H3. The molecule has 1 saturated heterocycles. The quantitative estimate of drug-likeness (QED) is 0.837. The Kier molecular flexibility index (Phi) is 3.73. The fourth-order valence-corrected chi connectivity index (χ4v) is 5.63. The van der Waals surface area contributed by atoms with Crippen molar-refractivity contribution in [1.29, 1.82) is 0 Å². The monoisotopic (exact) mass is 314 g/mol. The summed E-state index contributed by atoms with van der Waals surface area (Å²) in [5, 5.41) is 11.2. The summed E-state index contributed by atoms with van der Waals surface area (Å²) in [6, 6.07) is 20.5. The molecule has 0 aromatic heterocycles. The van der Waals surface area contributed by atoms with Crippen molar-refractivity contribution in [3.63, 3.8) is 0 Å². The van der Waals surface area contributed by atoms with Crippen LogP contribution < -0.4 is 0 Å². The highest BCUT2D eigenvalue weighted by Crippen LogP contribution is 2.51. The van der Waals surface area contributed by atoms with Crippen molar-refractivity contribution < 1.29 is 14.3 Å². The molecule has 22 heavy (non-hydrogen) atoms. The molecule has 2 aromatic rings. The van der Waals surface area contributed by atoms with Gasteiger partial charge in [0, 0.05) is 0 Å². The molecule has 0 aliphatic carbocycles. The van der Waals surface area contributed by atoms with Crippen molar-refractivity contribution in [2.45, 2.75) is 37.1 Å². The van der Waals surface area contributed by atoms with Gasteiger partial charge >= 0.3 is 8.56 Å². The van der Waals surface area contributed by atoms with Crippen LogP contribution in [0.4, 0.5) is 0 Å². The summed E-state index contributed by atoms with van der Waals surface area (Å²) in [5.74, 6) is -1.45. The SMILES string of the molecule is CC1(O)O[Si](C)(O)CCC1(c1ccccc1)c1ccccc1. The molecule has 1 aliphatic rings. The Hall–Kier alpha value is -1.46. The summed E-state index contributed by atoms with van der Waals surface area (Å²) in [5.41, 5.74) is 1.34. The Morgan fingerprint density at radius 2 is 1.41 bits per heavy atom. The lowest BCUT2D eigenvalue weighted by Gasteiger charge is -2.52. The van der Waals surface area contributed by atoms with Crippen LogP contribution in [-0.4, -0.2) is 24.3 Å². The van der Waals surface area contributed by atoms with Crippen LogP contribution in [0.15, 0.2) is 60.7 Å². The number of hydrogen-bond donors (Lipinski definition) is 2. The minimum Gasteiger partial charge on any atom is -0.411 e. The molecule has 2 unspecified atom stereocenters. The molecule has 0 spiro atoms. The summed E-state index contributed by atoms with van der Waals surface area (Å²) in [6.07, 6.45) is 0.660. The van der Waals surface area contributed by atoms with E-state index in [1.165, 1.54) is 0 Å². The van der Waals surface area contributed by atoms with Crippen LogP contribution in [0.25, 0.3) is 0 Å². The largest absolute Gasteiger partial charge is 0.411 e. The predicted molar refractivity (Wildman–Crippen MR) is 88.6 cm³/mol. The van der Waals surface area contributed by atoms with Crippen molar-refractivity contribution in [2.75, 3.05) is 0 Å². The van der Waals surface area contributed by atoms with E-state index in [0.29, 0.717) is 12.5 Å². The lowest BCUT2D eigenvalue weighted by atomic mass is 9.67. The second-order valence-corrected chi connectivity index (χ2v) is 9.45. The van der Waals surface area contributed by atoms with E-state index in [0.717, 1.165) is 11.1 Å². The molecule has 1 aliphatic heterocycles. The van der Waals surface area contributed by atoms with E-state index in [1.807, 2.05) is 60.7 Å². The van der Waals surface area contributed by atoms with Gasteiger partial charge in [-0.25, -0.2) is 0 Å². The molecule has 1 heterocycles. The second-order valence-electron chi connectivity index (χ2n) is 6.40. The summed E-state index contributed by atoms with van der Waals surface area (Å²) in [4.78, 5) is 10.4. The molecule has 2 aromatic carbocycles. The molecule has 3 nitrogen and oxygen atoms in total. The zero-order valence-electron chi connectivity index (χ0n) is 13.0. The first-order valence-electron chi connectivity index (χ1n) is 7.63. The van der Waals surface area contributed by atoms with Crippen LogP contribution in [0.5, 0.6) is 0 Å². The third-order valence-electron chi connectivity index (χ3n) is 4.71. The topological polar surface area (TPSA) is 49.7 Å². The highest BCUT2D eigenvalue weighted by atomic mass is 28.4. The van der Waals surface area contributed by atoms with Gasteiger partial charge in [-0.3, -0.25) is 0 Å². The zero-order chi connectivity index (χ0) is 15.8. The Labute approximate surface area is 132 Å². The van der Waals surface area contributed by atoms with Gasteiger partial charge in [0.15, 0.2) is 5.79 Å². The predicted octanol–water partition coefficient (Wildman–Crippen LogP) is 3.17. The van der Waals surface area contributed by atoms with Crippen LogP contribution >= 0.6 is 0 Å². The molecular formula is C18H22O3Si. The van der Waals surface area contributed by atoms with E-state index in [1.54, 1.807) is 13.5 Å². The van der Waals surface area contributed by atoms with E-state index in [-0.39, 0.29) is 0 Å². The molecule has 2 atom stereocenters. The van der Waals surface area contributed by atoms with Crippen molar-refractivity contribution in [2.24, 2.45) is 0 Å². The first-order valence-corrected chi connectivity index (χ1v) is 10.2. The maximum Gasteiger partial charge on any atom is 0.334 e. The van der Waals surface area contributed by atoms with Crippen LogP contribution in [0.1, 0.15) is 24.5 Å². The molecule has 2 N–H and O–H groups in total. The van der Waals surface area contributed by atoms with Gasteiger partial charge < -0.3 is 14.3 Å². The van der Waals surface area contributed by atoms with E-state index in [9.17, 15) is 9.90 Å². The van der Waals surface area contributed by atoms with Crippen molar-refractivity contribution >= 4 is 8.56 Å². The lowest BCUT2D eigenvalue weighted by Crippen LogP contribution is -2.62. The Bertz CT molecular complexity index is 598. The Morgan fingerprint density at radius 1 is 0.955 bits per heavy atom. The van der Waals surface area contributed by atoms with Gasteiger partial charge in [0.05, 0.1) is 5.41 Å². The molecule has 4 heteroatoms. The van der Waals surface area contributed by atoms with Crippen LogP contribution in [0.3, 0.4) is 0 Å². The van der Waals surface area contributed by atoms with Crippen molar-refractivity contribution in [3.05, 3.63) is 71.8 Å². The van der Waals surface area contributed by atoms with E-state index in [4.69, 9.17) is 4.43 Å². The van der Waals surface area contributed by atoms with Gasteiger partial charge in [0.1, 0.15) is 0 Å². The Morgan fingerprint density at radius 3 is 1.82 bits per heavy atom. The third kappa shape index (κ3) is 2.42. The van der Waals surface area contributed by atoms with Crippen LogP contribution in [0.2, 0.25) is 12.6 Å². The highest BCUT2D eigenvalue weighted by molar-refractivity contribution is 6.64. The zero-order valence-corrected chi connectivity index (χ0v) is 14.0. The molecule has 3 rings (SSSR count). The summed E-state index contributed by atoms with van der Waals surface area (Å²) < 4.78 is 5.84. The molecular weight excluding hydrogens is 292 g/mol. The highest BCUT2D eigenvalue weighted by Gasteiger charge is 2.58. The number of benzene rings is 2. The Balaban J connectivity index is 2.21. The van der Waals surface area contributed by atoms with Gasteiger partial charge in [-0.2, -0.15) is 0 Å². The van der Waals surface area contributed by atoms with Gasteiger partial charge in [-0.1, -0.05) is 60.7 Å². The maximum atomic E-state index is 11.2. The van der Waals surface area contributed by atoms with Crippen molar-refractivity contribution in [1.82, 2.24) is 0 Å². The van der Waals surface area contributed by atoms with Gasteiger partial charge in [-0.15, -0.1) is 0 Å². The van der Waals surface area contributed by atoms with E-state index < -0.39 is 19.8 Å². The minimum absolute atomic E-state index is 0.590. The molecule has 1 fully saturated rings. The molecule has 0 bridgehead atoms. The first kappa shape index (κ1) is 15.4. The van der Waals surface area contributed by atoms with Crippen molar-refractivity contribution in [3.8, 4) is 0 Å². The van der Waals surface area contributed by atoms with Gasteiger partial charge in [0.25, 0.3) is 0 Å². The fourth-order valence-electron chi connectivity index (χ4n) is 3.65. The normalized spacial score (nSPS) is 30.9.